The molecular weight excluding hydrogens is 290 g/mol. The molecule has 0 aromatic carbocycles. The third-order valence-electron chi connectivity index (χ3n) is 3.21. The van der Waals surface area contributed by atoms with Crippen LogP contribution in [-0.2, 0) is 13.0 Å². The van der Waals surface area contributed by atoms with E-state index >= 15 is 0 Å². The lowest BCUT2D eigenvalue weighted by molar-refractivity contribution is 0.735. The van der Waals surface area contributed by atoms with Crippen LogP contribution < -0.4 is 5.73 Å². The molecule has 20 heavy (non-hydrogen) atoms. The largest absolute Gasteiger partial charge is 0.328 e. The molecule has 3 aromatic heterocycles. The molecule has 1 unspecified atom stereocenters. The first-order valence-corrected chi connectivity index (χ1v) is 7.75. The Labute approximate surface area is 127 Å². The van der Waals surface area contributed by atoms with Crippen molar-refractivity contribution in [3.05, 3.63) is 51.4 Å². The Hall–Kier alpha value is -1.36. The standard InChI is InChI=1S/C15H16ClN3S/c1-10(17)7-11-8-19(9-12-4-5-14(16)20-12)15-13(11)3-2-6-18-15/h2-6,8,10H,7,9,17H2,1H3. The molecule has 0 bridgehead atoms. The van der Waals surface area contributed by atoms with E-state index in [1.165, 1.54) is 15.8 Å². The van der Waals surface area contributed by atoms with Crippen LogP contribution in [0.4, 0.5) is 0 Å². The van der Waals surface area contributed by atoms with E-state index < -0.39 is 0 Å². The van der Waals surface area contributed by atoms with Gasteiger partial charge in [0.05, 0.1) is 10.9 Å². The number of nitrogens with zero attached hydrogens (tertiary/aromatic N) is 2. The summed E-state index contributed by atoms with van der Waals surface area (Å²) < 4.78 is 3.00. The summed E-state index contributed by atoms with van der Waals surface area (Å²) >= 11 is 7.60. The fourth-order valence-corrected chi connectivity index (χ4v) is 3.52. The Balaban J connectivity index is 2.02. The Morgan fingerprint density at radius 2 is 2.25 bits per heavy atom. The van der Waals surface area contributed by atoms with Gasteiger partial charge in [-0.2, -0.15) is 0 Å². The van der Waals surface area contributed by atoms with Crippen molar-refractivity contribution in [2.45, 2.75) is 25.9 Å². The second-order valence-corrected chi connectivity index (χ2v) is 6.84. The summed E-state index contributed by atoms with van der Waals surface area (Å²) in [4.78, 5) is 5.73. The van der Waals surface area contributed by atoms with Crippen molar-refractivity contribution in [2.75, 3.05) is 0 Å². The molecule has 0 saturated carbocycles. The highest BCUT2D eigenvalue weighted by Crippen LogP contribution is 2.25. The van der Waals surface area contributed by atoms with Gasteiger partial charge in [-0.25, -0.2) is 4.98 Å². The number of thiophene rings is 1. The van der Waals surface area contributed by atoms with Crippen molar-refractivity contribution in [3.8, 4) is 0 Å². The summed E-state index contributed by atoms with van der Waals surface area (Å²) in [6.45, 7) is 2.82. The average molecular weight is 306 g/mol. The summed E-state index contributed by atoms with van der Waals surface area (Å²) in [5.74, 6) is 0. The maximum atomic E-state index is 6.00. The van der Waals surface area contributed by atoms with Gasteiger partial charge in [0.2, 0.25) is 0 Å². The van der Waals surface area contributed by atoms with Gasteiger partial charge in [-0.15, -0.1) is 11.3 Å². The van der Waals surface area contributed by atoms with Crippen molar-refractivity contribution in [1.82, 2.24) is 9.55 Å². The number of hydrogen-bond donors (Lipinski definition) is 1. The van der Waals surface area contributed by atoms with E-state index in [2.05, 4.69) is 27.9 Å². The van der Waals surface area contributed by atoms with Gasteiger partial charge < -0.3 is 10.3 Å². The van der Waals surface area contributed by atoms with Crippen LogP contribution in [0.3, 0.4) is 0 Å². The molecule has 3 aromatic rings. The lowest BCUT2D eigenvalue weighted by atomic mass is 10.1. The predicted molar refractivity (Wildman–Crippen MR) is 85.5 cm³/mol. The molecule has 104 valence electrons. The second kappa shape index (κ2) is 5.56. The molecular formula is C15H16ClN3S. The van der Waals surface area contributed by atoms with E-state index in [4.69, 9.17) is 17.3 Å². The minimum atomic E-state index is 0.144. The molecule has 3 rings (SSSR count). The van der Waals surface area contributed by atoms with E-state index in [1.54, 1.807) is 11.3 Å². The van der Waals surface area contributed by atoms with Crippen LogP contribution in [0.2, 0.25) is 4.34 Å². The van der Waals surface area contributed by atoms with Crippen molar-refractivity contribution in [2.24, 2.45) is 5.73 Å². The van der Waals surface area contributed by atoms with Gasteiger partial charge in [-0.3, -0.25) is 0 Å². The lowest BCUT2D eigenvalue weighted by Gasteiger charge is -2.02. The third kappa shape index (κ3) is 2.73. The first-order valence-electron chi connectivity index (χ1n) is 6.56. The van der Waals surface area contributed by atoms with Crippen LogP contribution in [0.25, 0.3) is 11.0 Å². The van der Waals surface area contributed by atoms with Crippen molar-refractivity contribution < 1.29 is 0 Å². The SMILES string of the molecule is CC(N)Cc1cn(Cc2ccc(Cl)s2)c2ncccc12. The summed E-state index contributed by atoms with van der Waals surface area (Å²) in [5.41, 5.74) is 8.20. The highest BCUT2D eigenvalue weighted by Gasteiger charge is 2.11. The van der Waals surface area contributed by atoms with Crippen molar-refractivity contribution in [3.63, 3.8) is 0 Å². The molecule has 5 heteroatoms. The van der Waals surface area contributed by atoms with Crippen molar-refractivity contribution >= 4 is 34.0 Å². The Morgan fingerprint density at radius 1 is 1.40 bits per heavy atom. The van der Waals surface area contributed by atoms with Gasteiger partial charge in [0.1, 0.15) is 5.65 Å². The fourth-order valence-electron chi connectivity index (χ4n) is 2.43. The van der Waals surface area contributed by atoms with E-state index in [9.17, 15) is 0 Å². The minimum Gasteiger partial charge on any atom is -0.328 e. The quantitative estimate of drug-likeness (QED) is 0.799. The maximum absolute atomic E-state index is 6.00. The van der Waals surface area contributed by atoms with Crippen LogP contribution in [0.5, 0.6) is 0 Å². The molecule has 0 amide bonds. The van der Waals surface area contributed by atoms with Gasteiger partial charge in [0, 0.05) is 28.7 Å². The molecule has 3 nitrogen and oxygen atoms in total. The molecule has 1 atom stereocenters. The molecule has 0 fully saturated rings. The minimum absolute atomic E-state index is 0.144. The van der Waals surface area contributed by atoms with Gasteiger partial charge in [0.15, 0.2) is 0 Å². The molecule has 0 saturated heterocycles. The summed E-state index contributed by atoms with van der Waals surface area (Å²) in [6, 6.07) is 8.22. The maximum Gasteiger partial charge on any atom is 0.140 e. The first-order chi connectivity index (χ1) is 9.63. The number of rotatable bonds is 4. The molecule has 3 heterocycles. The van der Waals surface area contributed by atoms with E-state index in [0.717, 1.165) is 22.9 Å². The van der Waals surface area contributed by atoms with E-state index in [-0.39, 0.29) is 6.04 Å². The number of halogens is 1. The lowest BCUT2D eigenvalue weighted by Crippen LogP contribution is -2.17. The highest BCUT2D eigenvalue weighted by atomic mass is 35.5. The van der Waals surface area contributed by atoms with Crippen molar-refractivity contribution in [1.29, 1.82) is 0 Å². The molecule has 0 spiro atoms. The zero-order valence-corrected chi connectivity index (χ0v) is 12.8. The number of pyridine rings is 1. The highest BCUT2D eigenvalue weighted by molar-refractivity contribution is 7.16. The summed E-state index contributed by atoms with van der Waals surface area (Å²) in [5, 5.41) is 1.19. The monoisotopic (exact) mass is 305 g/mol. The van der Waals surface area contributed by atoms with Gasteiger partial charge in [0.25, 0.3) is 0 Å². The number of nitrogens with two attached hydrogens (primary N) is 1. The van der Waals surface area contributed by atoms with Crippen LogP contribution >= 0.6 is 22.9 Å². The van der Waals surface area contributed by atoms with Gasteiger partial charge in [-0.05, 0) is 43.2 Å². The van der Waals surface area contributed by atoms with Crippen LogP contribution in [0, 0.1) is 0 Å². The van der Waals surface area contributed by atoms with E-state index in [1.807, 2.05) is 25.3 Å². The van der Waals surface area contributed by atoms with Crippen LogP contribution in [0.1, 0.15) is 17.4 Å². The molecule has 0 aliphatic rings. The predicted octanol–water partition coefficient (Wildman–Crippen LogP) is 3.69. The number of fused-ring (bicyclic) bond motifs is 1. The summed E-state index contributed by atoms with van der Waals surface area (Å²) in [7, 11) is 0. The Morgan fingerprint density at radius 3 is 2.95 bits per heavy atom. The average Bonchev–Trinajstić information content (AvgIpc) is 2.95. The smallest absolute Gasteiger partial charge is 0.140 e. The Kier molecular flexibility index (Phi) is 3.78. The molecule has 0 radical (unpaired) electrons. The van der Waals surface area contributed by atoms with Crippen LogP contribution in [-0.4, -0.2) is 15.6 Å². The number of aromatic nitrogens is 2. The van der Waals surface area contributed by atoms with E-state index in [0.29, 0.717) is 0 Å². The normalized spacial score (nSPS) is 12.9. The molecule has 2 N–H and O–H groups in total. The zero-order valence-electron chi connectivity index (χ0n) is 11.2. The first kappa shape index (κ1) is 13.6. The van der Waals surface area contributed by atoms with Gasteiger partial charge >= 0.3 is 0 Å². The van der Waals surface area contributed by atoms with Crippen LogP contribution in [0.15, 0.2) is 36.7 Å². The number of hydrogen-bond acceptors (Lipinski definition) is 3. The fraction of sp³-hybridized carbons (Fsp3) is 0.267. The third-order valence-corrected chi connectivity index (χ3v) is 4.43. The Bertz CT molecular complexity index is 730. The summed E-state index contributed by atoms with van der Waals surface area (Å²) in [6.07, 6.45) is 4.85. The molecule has 0 aliphatic heterocycles. The molecule has 0 aliphatic carbocycles. The van der Waals surface area contributed by atoms with Gasteiger partial charge in [-0.1, -0.05) is 11.6 Å². The second-order valence-electron chi connectivity index (χ2n) is 5.04. The zero-order chi connectivity index (χ0) is 14.1. The topological polar surface area (TPSA) is 43.8 Å².